The number of rotatable bonds is 8. The zero-order valence-electron chi connectivity index (χ0n) is 23.2. The highest BCUT2D eigenvalue weighted by Gasteiger charge is 2.44. The topological polar surface area (TPSA) is 92.8 Å². The van der Waals surface area contributed by atoms with Gasteiger partial charge in [-0.1, -0.05) is 54.6 Å². The number of likely N-dealkylation sites (tertiary alicyclic amines) is 1. The lowest BCUT2D eigenvalue weighted by atomic mass is 9.96. The fourth-order valence-corrected chi connectivity index (χ4v) is 5.90. The van der Waals surface area contributed by atoms with Crippen LogP contribution in [0.4, 0.5) is 10.1 Å². The molecule has 0 bridgehead atoms. The first-order valence-electron chi connectivity index (χ1n) is 14.2. The minimum absolute atomic E-state index is 0.0285. The number of ketones is 2. The molecule has 216 valence electrons. The molecular weight excluding hydrogens is 547 g/mol. The number of Topliss-reactive ketones (excluding diaryl/α,β-unsaturated/α-hetero) is 2. The molecular formula is C35H29FN2O5. The lowest BCUT2D eigenvalue weighted by molar-refractivity contribution is -0.137. The van der Waals surface area contributed by atoms with Gasteiger partial charge < -0.3 is 15.0 Å². The summed E-state index contributed by atoms with van der Waals surface area (Å²) in [6.07, 6.45) is 0.866. The fraction of sp³-hybridized carbons (Fsp3) is 0.200. The Morgan fingerprint density at radius 3 is 2.00 bits per heavy atom. The maximum Gasteiger partial charge on any atom is 0.247 e. The first-order chi connectivity index (χ1) is 20.9. The zero-order chi connectivity index (χ0) is 29.9. The molecule has 2 amide bonds. The summed E-state index contributed by atoms with van der Waals surface area (Å²) in [5.74, 6) is -1.85. The predicted octanol–water partition coefficient (Wildman–Crippen LogP) is 6.10. The van der Waals surface area contributed by atoms with Gasteiger partial charge >= 0.3 is 0 Å². The number of benzene rings is 4. The molecule has 4 aromatic rings. The van der Waals surface area contributed by atoms with Crippen LogP contribution >= 0.6 is 0 Å². The molecule has 6 rings (SSSR count). The van der Waals surface area contributed by atoms with Crippen molar-refractivity contribution < 1.29 is 28.3 Å². The number of amides is 2. The van der Waals surface area contributed by atoms with Crippen molar-refractivity contribution >= 4 is 29.1 Å². The largest absolute Gasteiger partial charge is 0.457 e. The van der Waals surface area contributed by atoms with E-state index in [2.05, 4.69) is 5.32 Å². The molecule has 1 N–H and O–H groups in total. The third-order valence-electron chi connectivity index (χ3n) is 8.02. The Labute approximate surface area is 248 Å². The maximum atomic E-state index is 13.6. The van der Waals surface area contributed by atoms with Crippen molar-refractivity contribution in [3.05, 3.63) is 126 Å². The molecule has 0 unspecified atom stereocenters. The van der Waals surface area contributed by atoms with Crippen LogP contribution in [0.25, 0.3) is 0 Å². The van der Waals surface area contributed by atoms with Crippen molar-refractivity contribution in [1.29, 1.82) is 0 Å². The second-order valence-electron chi connectivity index (χ2n) is 11.0. The second kappa shape index (κ2) is 12.0. The van der Waals surface area contributed by atoms with Crippen LogP contribution in [0.2, 0.25) is 0 Å². The number of nitrogens with one attached hydrogen (secondary N) is 1. The standard InChI is InChI=1S/C35H29FN2O5/c36-24-10-14-26(15-11-24)43-27-16-12-25(13-17-27)37-35(42)31-19-23(18-22-6-2-1-3-7-22)21-38(31)32(39)20-30-33(40)28-8-4-5-9-29(28)34(30)41/h1-17,23,30-31H,18-21H2,(H,37,42)/t23-,31+/m1/s1. The molecule has 2 atom stereocenters. The summed E-state index contributed by atoms with van der Waals surface area (Å²) < 4.78 is 18.9. The van der Waals surface area contributed by atoms with Gasteiger partial charge in [-0.3, -0.25) is 19.2 Å². The van der Waals surface area contributed by atoms with Crippen molar-refractivity contribution in [3.63, 3.8) is 0 Å². The van der Waals surface area contributed by atoms with E-state index in [1.54, 1.807) is 48.5 Å². The first kappa shape index (κ1) is 28.0. The molecule has 43 heavy (non-hydrogen) atoms. The molecule has 0 spiro atoms. The van der Waals surface area contributed by atoms with Crippen molar-refractivity contribution in [2.45, 2.75) is 25.3 Å². The van der Waals surface area contributed by atoms with Gasteiger partial charge in [0.1, 0.15) is 23.4 Å². The van der Waals surface area contributed by atoms with E-state index in [0.29, 0.717) is 47.7 Å². The number of carbonyl (C=O) groups excluding carboxylic acids is 4. The third-order valence-corrected chi connectivity index (χ3v) is 8.02. The van der Waals surface area contributed by atoms with Gasteiger partial charge in [0.15, 0.2) is 11.6 Å². The molecule has 1 saturated heterocycles. The van der Waals surface area contributed by atoms with Gasteiger partial charge in [-0.25, -0.2) is 4.39 Å². The number of ether oxygens (including phenoxy) is 1. The lowest BCUT2D eigenvalue weighted by Crippen LogP contribution is -2.44. The molecule has 1 fully saturated rings. The Balaban J connectivity index is 1.16. The third kappa shape index (κ3) is 6.09. The summed E-state index contributed by atoms with van der Waals surface area (Å²) in [4.78, 5) is 54.7. The van der Waals surface area contributed by atoms with E-state index in [4.69, 9.17) is 4.74 Å². The highest BCUT2D eigenvalue weighted by atomic mass is 19.1. The van der Waals surface area contributed by atoms with Crippen LogP contribution in [-0.2, 0) is 16.0 Å². The lowest BCUT2D eigenvalue weighted by Gasteiger charge is -2.25. The Morgan fingerprint density at radius 1 is 0.791 bits per heavy atom. The number of hydrogen-bond donors (Lipinski definition) is 1. The quantitative estimate of drug-likeness (QED) is 0.256. The van der Waals surface area contributed by atoms with Gasteiger partial charge in [-0.05, 0) is 72.9 Å². The van der Waals surface area contributed by atoms with Gasteiger partial charge in [0, 0.05) is 29.8 Å². The van der Waals surface area contributed by atoms with Crippen molar-refractivity contribution in [2.24, 2.45) is 11.8 Å². The first-order valence-corrected chi connectivity index (χ1v) is 14.2. The van der Waals surface area contributed by atoms with Crippen LogP contribution in [0.3, 0.4) is 0 Å². The average Bonchev–Trinajstić information content (AvgIpc) is 3.55. The average molecular weight is 577 g/mol. The number of hydrogen-bond acceptors (Lipinski definition) is 5. The van der Waals surface area contributed by atoms with E-state index in [-0.39, 0.29) is 35.6 Å². The van der Waals surface area contributed by atoms with Crippen molar-refractivity contribution in [1.82, 2.24) is 4.90 Å². The van der Waals surface area contributed by atoms with Crippen LogP contribution in [0.5, 0.6) is 11.5 Å². The number of anilines is 1. The van der Waals surface area contributed by atoms with Crippen LogP contribution < -0.4 is 10.1 Å². The molecule has 1 aliphatic heterocycles. The number of halogens is 1. The summed E-state index contributed by atoms with van der Waals surface area (Å²) in [5, 5.41) is 2.91. The fourth-order valence-electron chi connectivity index (χ4n) is 5.90. The smallest absolute Gasteiger partial charge is 0.247 e. The SMILES string of the molecule is O=C1c2ccccc2C(=O)C1CC(=O)N1C[C@H](Cc2ccccc2)C[C@H]1C(=O)Nc1ccc(Oc2ccc(F)cc2)cc1. The molecule has 0 saturated carbocycles. The van der Waals surface area contributed by atoms with Gasteiger partial charge in [-0.15, -0.1) is 0 Å². The highest BCUT2D eigenvalue weighted by molar-refractivity contribution is 6.27. The predicted molar refractivity (Wildman–Crippen MR) is 159 cm³/mol. The molecule has 1 heterocycles. The Morgan fingerprint density at radius 2 is 1.37 bits per heavy atom. The number of carbonyl (C=O) groups is 4. The van der Waals surface area contributed by atoms with Gasteiger partial charge in [0.05, 0.1) is 5.92 Å². The Kier molecular flexibility index (Phi) is 7.83. The Bertz CT molecular complexity index is 1640. The van der Waals surface area contributed by atoms with E-state index in [1.165, 1.54) is 29.2 Å². The second-order valence-corrected chi connectivity index (χ2v) is 11.0. The monoisotopic (exact) mass is 576 g/mol. The Hall–Kier alpha value is -5.11. The molecule has 1 aliphatic carbocycles. The van der Waals surface area contributed by atoms with Crippen LogP contribution in [0, 0.1) is 17.7 Å². The van der Waals surface area contributed by atoms with Gasteiger partial charge in [0.2, 0.25) is 11.8 Å². The van der Waals surface area contributed by atoms with Gasteiger partial charge in [-0.2, -0.15) is 0 Å². The normalized spacial score (nSPS) is 18.0. The van der Waals surface area contributed by atoms with Crippen LogP contribution in [0.15, 0.2) is 103 Å². The van der Waals surface area contributed by atoms with E-state index in [0.717, 1.165) is 5.56 Å². The minimum atomic E-state index is -1.07. The number of fused-ring (bicyclic) bond motifs is 1. The zero-order valence-corrected chi connectivity index (χ0v) is 23.2. The summed E-state index contributed by atoms with van der Waals surface area (Å²) in [6.45, 7) is 0.346. The van der Waals surface area contributed by atoms with Crippen LogP contribution in [-0.4, -0.2) is 40.9 Å². The van der Waals surface area contributed by atoms with Crippen molar-refractivity contribution in [2.75, 3.05) is 11.9 Å². The van der Waals surface area contributed by atoms with Gasteiger partial charge in [0.25, 0.3) is 0 Å². The van der Waals surface area contributed by atoms with E-state index < -0.39 is 17.9 Å². The summed E-state index contributed by atoms with van der Waals surface area (Å²) in [5.41, 5.74) is 2.31. The van der Waals surface area contributed by atoms with E-state index >= 15 is 0 Å². The summed E-state index contributed by atoms with van der Waals surface area (Å²) >= 11 is 0. The highest BCUT2D eigenvalue weighted by Crippen LogP contribution is 2.33. The molecule has 0 radical (unpaired) electrons. The maximum absolute atomic E-state index is 13.6. The molecule has 7 nitrogen and oxygen atoms in total. The van der Waals surface area contributed by atoms with Crippen LogP contribution in [0.1, 0.15) is 39.1 Å². The minimum Gasteiger partial charge on any atom is -0.457 e. The number of nitrogens with zero attached hydrogens (tertiary/aromatic N) is 1. The van der Waals surface area contributed by atoms with E-state index in [1.807, 2.05) is 30.3 Å². The van der Waals surface area contributed by atoms with E-state index in [9.17, 15) is 23.6 Å². The molecule has 2 aliphatic rings. The summed E-state index contributed by atoms with van der Waals surface area (Å²) in [7, 11) is 0. The van der Waals surface area contributed by atoms with Crippen molar-refractivity contribution in [3.8, 4) is 11.5 Å². The summed E-state index contributed by atoms with van der Waals surface area (Å²) in [6, 6.07) is 28.1. The molecule has 4 aromatic carbocycles. The molecule has 8 heteroatoms. The molecule has 0 aromatic heterocycles.